The van der Waals surface area contributed by atoms with E-state index < -0.39 is 12.1 Å². The van der Waals surface area contributed by atoms with Crippen molar-refractivity contribution in [2.24, 2.45) is 0 Å². The van der Waals surface area contributed by atoms with Gasteiger partial charge in [-0.2, -0.15) is 0 Å². The normalized spacial score (nSPS) is 14.9. The van der Waals surface area contributed by atoms with Gasteiger partial charge in [-0.3, -0.25) is 20.0 Å². The number of esters is 1. The molecular formula is C24H28N4O3S. The maximum atomic E-state index is 13.5. The number of amides is 1. The minimum Gasteiger partial charge on any atom is -0.449 e. The molecule has 1 aliphatic rings. The van der Waals surface area contributed by atoms with Gasteiger partial charge < -0.3 is 4.74 Å². The second-order valence-corrected chi connectivity index (χ2v) is 9.19. The summed E-state index contributed by atoms with van der Waals surface area (Å²) in [5.41, 5.74) is 3.96. The summed E-state index contributed by atoms with van der Waals surface area (Å²) in [4.78, 5) is 37.7. The van der Waals surface area contributed by atoms with E-state index in [0.29, 0.717) is 29.7 Å². The Hall–Kier alpha value is -2.84. The number of aromatic nitrogens is 2. The summed E-state index contributed by atoms with van der Waals surface area (Å²) in [6, 6.07) is 7.97. The SMILES string of the molecule is CCC(OC(=O)c1c2c(nc3ccccc13)CCN(C(C)C)C2)C(=O)Nc1nc(C)cs1. The number of carbonyl (C=O) groups excluding carboxylic acids is 2. The number of hydrogen-bond acceptors (Lipinski definition) is 7. The average molecular weight is 453 g/mol. The number of anilines is 1. The molecule has 32 heavy (non-hydrogen) atoms. The monoisotopic (exact) mass is 452 g/mol. The number of benzene rings is 1. The quantitative estimate of drug-likeness (QED) is 0.560. The number of fused-ring (bicyclic) bond motifs is 2. The third kappa shape index (κ3) is 4.52. The van der Waals surface area contributed by atoms with Crippen molar-refractivity contribution in [3.8, 4) is 0 Å². The Kier molecular flexibility index (Phi) is 6.53. The van der Waals surface area contributed by atoms with Gasteiger partial charge in [-0.05, 0) is 33.3 Å². The molecule has 0 fully saturated rings. The number of para-hydroxylation sites is 1. The molecule has 2 aromatic heterocycles. The molecule has 1 aliphatic heterocycles. The molecule has 0 bridgehead atoms. The first-order valence-corrected chi connectivity index (χ1v) is 11.8. The minimum absolute atomic E-state index is 0.356. The van der Waals surface area contributed by atoms with E-state index in [1.165, 1.54) is 11.3 Å². The van der Waals surface area contributed by atoms with E-state index in [1.807, 2.05) is 43.5 Å². The lowest BCUT2D eigenvalue weighted by Gasteiger charge is -2.32. The summed E-state index contributed by atoms with van der Waals surface area (Å²) in [7, 11) is 0. The van der Waals surface area contributed by atoms with Crippen LogP contribution in [0.15, 0.2) is 29.6 Å². The van der Waals surface area contributed by atoms with Crippen molar-refractivity contribution in [3.05, 3.63) is 52.2 Å². The number of ether oxygens (including phenoxy) is 1. The first-order valence-electron chi connectivity index (χ1n) is 11.0. The maximum Gasteiger partial charge on any atom is 0.340 e. The van der Waals surface area contributed by atoms with E-state index in [2.05, 4.69) is 29.0 Å². The van der Waals surface area contributed by atoms with Crippen LogP contribution in [0, 0.1) is 6.92 Å². The number of thiazole rings is 1. The Bertz CT molecular complexity index is 1160. The highest BCUT2D eigenvalue weighted by Gasteiger charge is 2.30. The molecule has 1 atom stereocenters. The summed E-state index contributed by atoms with van der Waals surface area (Å²) in [5, 5.41) is 5.88. The zero-order valence-corrected chi connectivity index (χ0v) is 19.7. The van der Waals surface area contributed by atoms with Gasteiger partial charge in [-0.25, -0.2) is 9.78 Å². The van der Waals surface area contributed by atoms with E-state index >= 15 is 0 Å². The molecule has 0 saturated heterocycles. The lowest BCUT2D eigenvalue weighted by molar-refractivity contribution is -0.124. The number of carbonyl (C=O) groups is 2. The van der Waals surface area contributed by atoms with Crippen molar-refractivity contribution in [1.29, 1.82) is 0 Å². The van der Waals surface area contributed by atoms with Crippen LogP contribution in [0.3, 0.4) is 0 Å². The van der Waals surface area contributed by atoms with Crippen molar-refractivity contribution in [2.75, 3.05) is 11.9 Å². The standard InChI is InChI=1S/C24H28N4O3S/c1-5-20(22(29)27-24-25-15(4)13-32-24)31-23(30)21-16-8-6-7-9-18(16)26-19-10-11-28(14(2)3)12-17(19)21/h6-9,13-14,20H,5,10-12H2,1-4H3,(H,25,27,29). The first kappa shape index (κ1) is 22.4. The minimum atomic E-state index is -0.904. The molecular weight excluding hydrogens is 424 g/mol. The summed E-state index contributed by atoms with van der Waals surface area (Å²) < 4.78 is 5.78. The first-order chi connectivity index (χ1) is 15.4. The number of pyridine rings is 1. The van der Waals surface area contributed by atoms with Crippen LogP contribution in [0.4, 0.5) is 5.13 Å². The predicted molar refractivity (Wildman–Crippen MR) is 126 cm³/mol. The van der Waals surface area contributed by atoms with Crippen molar-refractivity contribution < 1.29 is 14.3 Å². The van der Waals surface area contributed by atoms with Gasteiger partial charge in [0.15, 0.2) is 11.2 Å². The Balaban J connectivity index is 1.66. The van der Waals surface area contributed by atoms with E-state index in [1.54, 1.807) is 0 Å². The molecule has 0 aliphatic carbocycles. The maximum absolute atomic E-state index is 13.5. The molecule has 7 nitrogen and oxygen atoms in total. The van der Waals surface area contributed by atoms with Gasteiger partial charge in [0.1, 0.15) is 0 Å². The van der Waals surface area contributed by atoms with E-state index in [4.69, 9.17) is 9.72 Å². The van der Waals surface area contributed by atoms with E-state index in [0.717, 1.165) is 40.8 Å². The Morgan fingerprint density at radius 3 is 2.72 bits per heavy atom. The van der Waals surface area contributed by atoms with Crippen LogP contribution in [0.2, 0.25) is 0 Å². The lowest BCUT2D eigenvalue weighted by Crippen LogP contribution is -2.38. The van der Waals surface area contributed by atoms with Crippen LogP contribution < -0.4 is 5.32 Å². The highest BCUT2D eigenvalue weighted by molar-refractivity contribution is 7.13. The number of nitrogens with zero attached hydrogens (tertiary/aromatic N) is 3. The van der Waals surface area contributed by atoms with Crippen LogP contribution in [0.1, 0.15) is 54.5 Å². The van der Waals surface area contributed by atoms with Crippen LogP contribution in [0.5, 0.6) is 0 Å². The van der Waals surface area contributed by atoms with Gasteiger partial charge in [0.25, 0.3) is 5.91 Å². The molecule has 4 rings (SSSR count). The molecule has 0 saturated carbocycles. The Morgan fingerprint density at radius 2 is 2.03 bits per heavy atom. The van der Waals surface area contributed by atoms with Gasteiger partial charge in [0, 0.05) is 47.6 Å². The van der Waals surface area contributed by atoms with E-state index in [9.17, 15) is 9.59 Å². The van der Waals surface area contributed by atoms with Crippen molar-refractivity contribution in [3.63, 3.8) is 0 Å². The predicted octanol–water partition coefficient (Wildman–Crippen LogP) is 4.34. The number of hydrogen-bond donors (Lipinski definition) is 1. The van der Waals surface area contributed by atoms with Gasteiger partial charge in [-0.1, -0.05) is 25.1 Å². The highest BCUT2D eigenvalue weighted by atomic mass is 32.1. The zero-order chi connectivity index (χ0) is 22.8. The molecule has 1 amide bonds. The highest BCUT2D eigenvalue weighted by Crippen LogP contribution is 2.30. The van der Waals surface area contributed by atoms with Crippen molar-refractivity contribution in [2.45, 2.75) is 59.2 Å². The number of rotatable bonds is 6. The summed E-state index contributed by atoms with van der Waals surface area (Å²) in [6.45, 7) is 9.52. The Morgan fingerprint density at radius 1 is 1.25 bits per heavy atom. The summed E-state index contributed by atoms with van der Waals surface area (Å²) in [6.07, 6.45) is 0.240. The zero-order valence-electron chi connectivity index (χ0n) is 18.8. The fraction of sp³-hybridized carbons (Fsp3) is 0.417. The van der Waals surface area contributed by atoms with Crippen LogP contribution in [0.25, 0.3) is 10.9 Å². The molecule has 0 radical (unpaired) electrons. The fourth-order valence-corrected chi connectivity index (χ4v) is 4.68. The molecule has 3 heterocycles. The molecule has 8 heteroatoms. The molecule has 168 valence electrons. The Labute approximate surface area is 191 Å². The molecule has 1 unspecified atom stereocenters. The average Bonchev–Trinajstić information content (AvgIpc) is 3.19. The smallest absolute Gasteiger partial charge is 0.340 e. The third-order valence-corrected chi connectivity index (χ3v) is 6.65. The van der Waals surface area contributed by atoms with Crippen molar-refractivity contribution in [1.82, 2.24) is 14.9 Å². The summed E-state index contributed by atoms with van der Waals surface area (Å²) in [5.74, 6) is -0.853. The largest absolute Gasteiger partial charge is 0.449 e. The molecule has 3 aromatic rings. The lowest BCUT2D eigenvalue weighted by atomic mass is 9.95. The topological polar surface area (TPSA) is 84.4 Å². The second kappa shape index (κ2) is 9.34. The van der Waals surface area contributed by atoms with E-state index in [-0.39, 0.29) is 5.91 Å². The van der Waals surface area contributed by atoms with Gasteiger partial charge in [0.05, 0.1) is 16.8 Å². The molecule has 1 aromatic carbocycles. The van der Waals surface area contributed by atoms with Gasteiger partial charge in [0.2, 0.25) is 0 Å². The summed E-state index contributed by atoms with van der Waals surface area (Å²) >= 11 is 1.35. The van der Waals surface area contributed by atoms with Gasteiger partial charge in [-0.15, -0.1) is 11.3 Å². The third-order valence-electron chi connectivity index (χ3n) is 5.77. The van der Waals surface area contributed by atoms with Crippen LogP contribution in [-0.4, -0.2) is 45.4 Å². The number of aryl methyl sites for hydroxylation is 1. The molecule has 0 spiro atoms. The fourth-order valence-electron chi connectivity index (χ4n) is 3.99. The van der Waals surface area contributed by atoms with Crippen molar-refractivity contribution >= 4 is 39.2 Å². The van der Waals surface area contributed by atoms with Gasteiger partial charge >= 0.3 is 5.97 Å². The van der Waals surface area contributed by atoms with Crippen LogP contribution in [-0.2, 0) is 22.5 Å². The molecule has 1 N–H and O–H groups in total. The number of nitrogens with one attached hydrogen (secondary N) is 1. The second-order valence-electron chi connectivity index (χ2n) is 8.33. The van der Waals surface area contributed by atoms with Crippen LogP contribution >= 0.6 is 11.3 Å².